The molecule has 0 aliphatic carbocycles. The van der Waals surface area contributed by atoms with Gasteiger partial charge in [0, 0.05) is 18.8 Å². The van der Waals surface area contributed by atoms with Crippen molar-refractivity contribution >= 4 is 29.1 Å². The number of carbonyl (C=O) groups excluding carboxylic acids is 1. The van der Waals surface area contributed by atoms with Gasteiger partial charge in [0.15, 0.2) is 0 Å². The molecule has 19 heavy (non-hydrogen) atoms. The zero-order chi connectivity index (χ0) is 13.8. The molecule has 0 aromatic carbocycles. The molecule has 6 heteroatoms. The van der Waals surface area contributed by atoms with Gasteiger partial charge in [0.2, 0.25) is 0 Å². The van der Waals surface area contributed by atoms with Gasteiger partial charge in [0.1, 0.15) is 5.15 Å². The highest BCUT2D eigenvalue weighted by Crippen LogP contribution is 2.19. The van der Waals surface area contributed by atoms with Crippen LogP contribution in [0.4, 0.5) is 0 Å². The summed E-state index contributed by atoms with van der Waals surface area (Å²) in [6, 6.07) is 1.67. The van der Waals surface area contributed by atoms with Crippen LogP contribution < -0.4 is 5.32 Å². The highest BCUT2D eigenvalue weighted by Gasteiger charge is 2.21. The molecule has 0 radical (unpaired) electrons. The first-order valence-electron chi connectivity index (χ1n) is 6.44. The molecule has 1 atom stereocenters. The summed E-state index contributed by atoms with van der Waals surface area (Å²) in [5, 5.41) is 3.61. The fourth-order valence-corrected chi connectivity index (χ4v) is 2.66. The summed E-state index contributed by atoms with van der Waals surface area (Å²) >= 11 is 11.8. The first kappa shape index (κ1) is 14.6. The van der Waals surface area contributed by atoms with Crippen molar-refractivity contribution in [3.63, 3.8) is 0 Å². The Morgan fingerprint density at radius 3 is 3.11 bits per heavy atom. The van der Waals surface area contributed by atoms with Gasteiger partial charge in [-0.3, -0.25) is 4.79 Å². The van der Waals surface area contributed by atoms with Crippen molar-refractivity contribution in [3.05, 3.63) is 28.0 Å². The van der Waals surface area contributed by atoms with Gasteiger partial charge in [-0.05, 0) is 32.0 Å². The Morgan fingerprint density at radius 1 is 1.58 bits per heavy atom. The van der Waals surface area contributed by atoms with Crippen LogP contribution in [0.2, 0.25) is 10.2 Å². The molecular formula is C13H17Cl2N3O. The Balaban J connectivity index is 2.02. The van der Waals surface area contributed by atoms with Crippen LogP contribution in [0.5, 0.6) is 0 Å². The number of nitrogens with one attached hydrogen (secondary N) is 1. The second-order valence-electron chi connectivity index (χ2n) is 4.69. The molecule has 1 aromatic rings. The average Bonchev–Trinajstić information content (AvgIpc) is 2.41. The molecule has 1 saturated heterocycles. The molecule has 1 amide bonds. The van der Waals surface area contributed by atoms with Crippen LogP contribution >= 0.6 is 23.2 Å². The fraction of sp³-hybridized carbons (Fsp3) is 0.538. The number of pyridine rings is 1. The highest BCUT2D eigenvalue weighted by molar-refractivity contribution is 6.35. The van der Waals surface area contributed by atoms with Crippen LogP contribution in [0.15, 0.2) is 12.3 Å². The number of amides is 1. The van der Waals surface area contributed by atoms with E-state index in [0.717, 1.165) is 32.5 Å². The van der Waals surface area contributed by atoms with Gasteiger partial charge >= 0.3 is 0 Å². The minimum atomic E-state index is -0.183. The van der Waals surface area contributed by atoms with Crippen molar-refractivity contribution in [1.29, 1.82) is 0 Å². The number of carbonyl (C=O) groups is 1. The Labute approximate surface area is 123 Å². The minimum absolute atomic E-state index is 0.171. The number of hydrogen-bond donors (Lipinski definition) is 1. The molecule has 1 fully saturated rings. The molecular weight excluding hydrogens is 285 g/mol. The van der Waals surface area contributed by atoms with E-state index in [-0.39, 0.29) is 17.1 Å². The van der Waals surface area contributed by atoms with Crippen LogP contribution in [-0.4, -0.2) is 41.5 Å². The van der Waals surface area contributed by atoms with E-state index in [0.29, 0.717) is 10.6 Å². The lowest BCUT2D eigenvalue weighted by molar-refractivity contribution is 0.0906. The smallest absolute Gasteiger partial charge is 0.253 e. The molecule has 2 heterocycles. The van der Waals surface area contributed by atoms with E-state index in [1.165, 1.54) is 12.3 Å². The SMILES string of the molecule is CCN1CCCC(NC(=O)c2cc(Cl)ncc2Cl)C1. The summed E-state index contributed by atoms with van der Waals surface area (Å²) < 4.78 is 0. The van der Waals surface area contributed by atoms with Gasteiger partial charge in [-0.2, -0.15) is 0 Å². The molecule has 0 bridgehead atoms. The maximum atomic E-state index is 12.2. The molecule has 0 spiro atoms. The molecule has 1 aliphatic heterocycles. The monoisotopic (exact) mass is 301 g/mol. The number of nitrogens with zero attached hydrogens (tertiary/aromatic N) is 2. The molecule has 0 saturated carbocycles. The zero-order valence-electron chi connectivity index (χ0n) is 10.8. The third-order valence-electron chi connectivity index (χ3n) is 3.35. The Morgan fingerprint density at radius 2 is 2.37 bits per heavy atom. The maximum Gasteiger partial charge on any atom is 0.253 e. The molecule has 1 unspecified atom stereocenters. The van der Waals surface area contributed by atoms with Gasteiger partial charge in [-0.1, -0.05) is 30.1 Å². The third kappa shape index (κ3) is 3.81. The van der Waals surface area contributed by atoms with Crippen molar-refractivity contribution in [3.8, 4) is 0 Å². The van der Waals surface area contributed by atoms with Crippen LogP contribution in [-0.2, 0) is 0 Å². The average molecular weight is 302 g/mol. The van der Waals surface area contributed by atoms with Crippen molar-refractivity contribution in [1.82, 2.24) is 15.2 Å². The molecule has 1 aromatic heterocycles. The number of hydrogen-bond acceptors (Lipinski definition) is 3. The lowest BCUT2D eigenvalue weighted by atomic mass is 10.1. The standard InChI is InChI=1S/C13H17Cl2N3O/c1-2-18-5-3-4-9(8-18)17-13(19)10-6-12(15)16-7-11(10)14/h6-7,9H,2-5,8H2,1H3,(H,17,19). The van der Waals surface area contributed by atoms with Gasteiger partial charge in [-0.15, -0.1) is 0 Å². The summed E-state index contributed by atoms with van der Waals surface area (Å²) in [7, 11) is 0. The van der Waals surface area contributed by atoms with E-state index in [9.17, 15) is 4.79 Å². The Bertz CT molecular complexity index is 467. The summed E-state index contributed by atoms with van der Waals surface area (Å²) in [5.74, 6) is -0.183. The lowest BCUT2D eigenvalue weighted by Crippen LogP contribution is -2.47. The second kappa shape index (κ2) is 6.55. The fourth-order valence-electron chi connectivity index (χ4n) is 2.31. The van der Waals surface area contributed by atoms with Crippen molar-refractivity contribution < 1.29 is 4.79 Å². The van der Waals surface area contributed by atoms with E-state index in [1.807, 2.05) is 0 Å². The number of likely N-dealkylation sites (N-methyl/N-ethyl adjacent to an activating group) is 1. The largest absolute Gasteiger partial charge is 0.348 e. The van der Waals surface area contributed by atoms with Crippen molar-refractivity contribution in [2.45, 2.75) is 25.8 Å². The van der Waals surface area contributed by atoms with E-state index in [4.69, 9.17) is 23.2 Å². The lowest BCUT2D eigenvalue weighted by Gasteiger charge is -2.32. The van der Waals surface area contributed by atoms with E-state index < -0.39 is 0 Å². The predicted octanol–water partition coefficient (Wildman–Crippen LogP) is 2.60. The molecule has 104 valence electrons. The number of likely N-dealkylation sites (tertiary alicyclic amines) is 1. The van der Waals surface area contributed by atoms with Crippen LogP contribution in [0.1, 0.15) is 30.1 Å². The van der Waals surface area contributed by atoms with Gasteiger partial charge in [0.05, 0.1) is 10.6 Å². The highest BCUT2D eigenvalue weighted by atomic mass is 35.5. The molecule has 1 N–H and O–H groups in total. The third-order valence-corrected chi connectivity index (χ3v) is 3.86. The minimum Gasteiger partial charge on any atom is -0.348 e. The Kier molecular flexibility index (Phi) is 5.02. The van der Waals surface area contributed by atoms with Crippen LogP contribution in [0, 0.1) is 0 Å². The second-order valence-corrected chi connectivity index (χ2v) is 5.49. The molecule has 2 rings (SSSR count). The van der Waals surface area contributed by atoms with Crippen LogP contribution in [0.25, 0.3) is 0 Å². The number of rotatable bonds is 3. The van der Waals surface area contributed by atoms with Gasteiger partial charge in [-0.25, -0.2) is 4.98 Å². The van der Waals surface area contributed by atoms with Gasteiger partial charge < -0.3 is 10.2 Å². The van der Waals surface area contributed by atoms with E-state index in [1.54, 1.807) is 0 Å². The summed E-state index contributed by atoms with van der Waals surface area (Å²) in [5.41, 5.74) is 0.385. The van der Waals surface area contributed by atoms with Gasteiger partial charge in [0.25, 0.3) is 5.91 Å². The zero-order valence-corrected chi connectivity index (χ0v) is 12.3. The number of aromatic nitrogens is 1. The van der Waals surface area contributed by atoms with Crippen molar-refractivity contribution in [2.24, 2.45) is 0 Å². The predicted molar refractivity (Wildman–Crippen MR) is 76.9 cm³/mol. The molecule has 1 aliphatic rings. The summed E-state index contributed by atoms with van der Waals surface area (Å²) in [6.45, 7) is 5.13. The topological polar surface area (TPSA) is 45.2 Å². The number of piperidine rings is 1. The summed E-state index contributed by atoms with van der Waals surface area (Å²) in [6.07, 6.45) is 3.50. The van der Waals surface area contributed by atoms with E-state index in [2.05, 4.69) is 22.1 Å². The number of halogens is 2. The van der Waals surface area contributed by atoms with Crippen LogP contribution in [0.3, 0.4) is 0 Å². The maximum absolute atomic E-state index is 12.2. The summed E-state index contributed by atoms with van der Waals surface area (Å²) in [4.78, 5) is 18.3. The first-order valence-corrected chi connectivity index (χ1v) is 7.20. The van der Waals surface area contributed by atoms with Crippen molar-refractivity contribution in [2.75, 3.05) is 19.6 Å². The quantitative estimate of drug-likeness (QED) is 0.873. The van der Waals surface area contributed by atoms with E-state index >= 15 is 0 Å². The normalized spacial score (nSPS) is 20.3. The Hall–Kier alpha value is -0.840. The first-order chi connectivity index (χ1) is 9.10. The molecule has 4 nitrogen and oxygen atoms in total.